The third-order valence-electron chi connectivity index (χ3n) is 2.54. The minimum absolute atomic E-state index is 0.850. The summed E-state index contributed by atoms with van der Waals surface area (Å²) in [7, 11) is 4.43. The first-order valence-corrected chi connectivity index (χ1v) is 4.77. The van der Waals surface area contributed by atoms with Gasteiger partial charge in [-0.25, -0.2) is 0 Å². The van der Waals surface area contributed by atoms with Gasteiger partial charge < -0.3 is 4.90 Å². The quantitative estimate of drug-likeness (QED) is 0.602. The highest BCUT2D eigenvalue weighted by Crippen LogP contribution is 2.37. The van der Waals surface area contributed by atoms with Gasteiger partial charge in [-0.3, -0.25) is 0 Å². The van der Waals surface area contributed by atoms with E-state index in [0.29, 0.717) is 0 Å². The molecule has 0 saturated heterocycles. The number of hydrogen-bond acceptors (Lipinski definition) is 1. The Hall–Kier alpha value is -0.0400. The van der Waals surface area contributed by atoms with Crippen molar-refractivity contribution in [3.8, 4) is 0 Å². The van der Waals surface area contributed by atoms with Crippen molar-refractivity contribution in [3.05, 3.63) is 0 Å². The Labute approximate surface area is 70.8 Å². The smallest absolute Gasteiger partial charge is 0.0120 e. The van der Waals surface area contributed by atoms with Crippen molar-refractivity contribution < 1.29 is 0 Å². The Morgan fingerprint density at radius 1 is 1.27 bits per heavy atom. The fraction of sp³-hybridized carbons (Fsp3) is 1.00. The first-order chi connectivity index (χ1) is 5.11. The van der Waals surface area contributed by atoms with Gasteiger partial charge in [0, 0.05) is 6.04 Å². The average Bonchev–Trinajstić information content (AvgIpc) is 2.63. The van der Waals surface area contributed by atoms with Gasteiger partial charge in [0.15, 0.2) is 0 Å². The number of hydrogen-bond donors (Lipinski definition) is 0. The van der Waals surface area contributed by atoms with Crippen molar-refractivity contribution in [2.75, 3.05) is 14.1 Å². The summed E-state index contributed by atoms with van der Waals surface area (Å²) in [5.41, 5.74) is 0. The Morgan fingerprint density at radius 2 is 1.82 bits per heavy atom. The molecule has 1 rings (SSSR count). The van der Waals surface area contributed by atoms with E-state index in [1.807, 2.05) is 0 Å². The molecule has 0 aromatic carbocycles. The van der Waals surface area contributed by atoms with Crippen LogP contribution in [-0.4, -0.2) is 25.0 Å². The van der Waals surface area contributed by atoms with Crippen LogP contribution in [0.3, 0.4) is 0 Å². The zero-order valence-electron chi connectivity index (χ0n) is 8.30. The molecule has 66 valence electrons. The van der Waals surface area contributed by atoms with Gasteiger partial charge in [-0.1, -0.05) is 13.8 Å². The van der Waals surface area contributed by atoms with Crippen molar-refractivity contribution in [1.82, 2.24) is 4.90 Å². The predicted molar refractivity (Wildman–Crippen MR) is 49.7 cm³/mol. The van der Waals surface area contributed by atoms with Crippen LogP contribution in [0.1, 0.15) is 33.1 Å². The predicted octanol–water partition coefficient (Wildman–Crippen LogP) is 2.37. The normalized spacial score (nSPS) is 21.3. The summed E-state index contributed by atoms with van der Waals surface area (Å²) >= 11 is 0. The Kier molecular flexibility index (Phi) is 2.94. The lowest BCUT2D eigenvalue weighted by Crippen LogP contribution is -2.31. The first-order valence-electron chi connectivity index (χ1n) is 4.77. The summed E-state index contributed by atoms with van der Waals surface area (Å²) in [4.78, 5) is 2.40. The number of rotatable bonds is 4. The summed E-state index contributed by atoms with van der Waals surface area (Å²) < 4.78 is 0. The minimum Gasteiger partial charge on any atom is -0.306 e. The topological polar surface area (TPSA) is 3.24 Å². The molecule has 1 nitrogen and oxygen atoms in total. The third-order valence-corrected chi connectivity index (χ3v) is 2.54. The second-order valence-corrected chi connectivity index (χ2v) is 4.50. The summed E-state index contributed by atoms with van der Waals surface area (Å²) in [5, 5.41) is 0. The molecule has 0 amide bonds. The molecule has 1 unspecified atom stereocenters. The largest absolute Gasteiger partial charge is 0.306 e. The summed E-state index contributed by atoms with van der Waals surface area (Å²) in [6, 6.07) is 0.856. The zero-order chi connectivity index (χ0) is 8.43. The Bertz CT molecular complexity index is 112. The highest BCUT2D eigenvalue weighted by atomic mass is 15.1. The fourth-order valence-electron chi connectivity index (χ4n) is 1.79. The maximum Gasteiger partial charge on any atom is 0.0120 e. The molecule has 1 atom stereocenters. The van der Waals surface area contributed by atoms with Crippen LogP contribution in [0.15, 0.2) is 0 Å². The van der Waals surface area contributed by atoms with E-state index in [4.69, 9.17) is 0 Å². The molecule has 1 fully saturated rings. The van der Waals surface area contributed by atoms with Crippen LogP contribution in [0.4, 0.5) is 0 Å². The zero-order valence-corrected chi connectivity index (χ0v) is 8.30. The molecule has 0 aromatic heterocycles. The molecule has 0 bridgehead atoms. The highest BCUT2D eigenvalue weighted by molar-refractivity contribution is 4.86. The van der Waals surface area contributed by atoms with Gasteiger partial charge in [0.25, 0.3) is 0 Å². The van der Waals surface area contributed by atoms with Gasteiger partial charge in [-0.15, -0.1) is 0 Å². The summed E-state index contributed by atoms with van der Waals surface area (Å²) in [6.07, 6.45) is 4.31. The van der Waals surface area contributed by atoms with E-state index in [1.165, 1.54) is 19.3 Å². The first kappa shape index (κ1) is 9.05. The van der Waals surface area contributed by atoms with E-state index in [1.54, 1.807) is 0 Å². The van der Waals surface area contributed by atoms with Gasteiger partial charge in [-0.05, 0) is 45.2 Å². The molecule has 0 aromatic rings. The fourth-order valence-corrected chi connectivity index (χ4v) is 1.79. The van der Waals surface area contributed by atoms with Crippen molar-refractivity contribution >= 4 is 0 Å². The van der Waals surface area contributed by atoms with E-state index in [-0.39, 0.29) is 0 Å². The van der Waals surface area contributed by atoms with Crippen molar-refractivity contribution in [1.29, 1.82) is 0 Å². The average molecular weight is 155 g/mol. The minimum atomic E-state index is 0.850. The third kappa shape index (κ3) is 2.82. The summed E-state index contributed by atoms with van der Waals surface area (Å²) in [6.45, 7) is 4.64. The van der Waals surface area contributed by atoms with Crippen LogP contribution in [0.2, 0.25) is 0 Å². The lowest BCUT2D eigenvalue weighted by atomic mass is 9.99. The van der Waals surface area contributed by atoms with Gasteiger partial charge in [0.1, 0.15) is 0 Å². The van der Waals surface area contributed by atoms with Crippen LogP contribution in [0.25, 0.3) is 0 Å². The van der Waals surface area contributed by atoms with Crippen molar-refractivity contribution in [2.24, 2.45) is 11.8 Å². The van der Waals surface area contributed by atoms with Crippen molar-refractivity contribution in [3.63, 3.8) is 0 Å². The maximum atomic E-state index is 2.40. The van der Waals surface area contributed by atoms with E-state index >= 15 is 0 Å². The SMILES string of the molecule is CC(C)CC(C1CC1)N(C)C. The molecular formula is C10H21N. The van der Waals surface area contributed by atoms with E-state index in [9.17, 15) is 0 Å². The maximum absolute atomic E-state index is 2.40. The molecule has 0 heterocycles. The second kappa shape index (κ2) is 3.57. The van der Waals surface area contributed by atoms with E-state index < -0.39 is 0 Å². The van der Waals surface area contributed by atoms with Crippen LogP contribution >= 0.6 is 0 Å². The van der Waals surface area contributed by atoms with Gasteiger partial charge >= 0.3 is 0 Å². The van der Waals surface area contributed by atoms with Crippen LogP contribution < -0.4 is 0 Å². The lowest BCUT2D eigenvalue weighted by Gasteiger charge is -2.25. The van der Waals surface area contributed by atoms with Gasteiger partial charge in [0.2, 0.25) is 0 Å². The molecule has 1 aliphatic carbocycles. The second-order valence-electron chi connectivity index (χ2n) is 4.50. The molecule has 1 aliphatic rings. The molecular weight excluding hydrogens is 134 g/mol. The standard InChI is InChI=1S/C10H21N/c1-8(2)7-10(11(3)4)9-5-6-9/h8-10H,5-7H2,1-4H3. The monoisotopic (exact) mass is 155 g/mol. The molecule has 1 saturated carbocycles. The van der Waals surface area contributed by atoms with E-state index in [0.717, 1.165) is 17.9 Å². The van der Waals surface area contributed by atoms with Gasteiger partial charge in [-0.2, -0.15) is 0 Å². The molecule has 0 N–H and O–H groups in total. The summed E-state index contributed by atoms with van der Waals surface area (Å²) in [5.74, 6) is 1.87. The molecule has 0 aliphatic heterocycles. The van der Waals surface area contributed by atoms with Crippen LogP contribution in [-0.2, 0) is 0 Å². The van der Waals surface area contributed by atoms with E-state index in [2.05, 4.69) is 32.8 Å². The molecule has 11 heavy (non-hydrogen) atoms. The van der Waals surface area contributed by atoms with Gasteiger partial charge in [0.05, 0.1) is 0 Å². The number of nitrogens with zero attached hydrogens (tertiary/aromatic N) is 1. The highest BCUT2D eigenvalue weighted by Gasteiger charge is 2.32. The van der Waals surface area contributed by atoms with Crippen LogP contribution in [0.5, 0.6) is 0 Å². The molecule has 0 radical (unpaired) electrons. The Morgan fingerprint density at radius 3 is 2.09 bits per heavy atom. The Balaban J connectivity index is 2.32. The molecule has 0 spiro atoms. The van der Waals surface area contributed by atoms with Crippen molar-refractivity contribution in [2.45, 2.75) is 39.2 Å². The lowest BCUT2D eigenvalue weighted by molar-refractivity contribution is 0.228. The molecule has 1 heteroatoms. The van der Waals surface area contributed by atoms with Crippen LogP contribution in [0, 0.1) is 11.8 Å².